The molecule has 0 aliphatic carbocycles. The van der Waals surface area contributed by atoms with Gasteiger partial charge in [-0.2, -0.15) is 11.8 Å². The minimum absolute atomic E-state index is 0.162. The van der Waals surface area contributed by atoms with Crippen LogP contribution in [0.3, 0.4) is 0 Å². The summed E-state index contributed by atoms with van der Waals surface area (Å²) in [5, 5.41) is 9.74. The first kappa shape index (κ1) is 12.4. The van der Waals surface area contributed by atoms with Crippen molar-refractivity contribution in [2.24, 2.45) is 0 Å². The van der Waals surface area contributed by atoms with Crippen LogP contribution in [0.25, 0.3) is 0 Å². The first-order chi connectivity index (χ1) is 8.16. The van der Waals surface area contributed by atoms with Crippen molar-refractivity contribution in [1.82, 2.24) is 20.5 Å². The highest BCUT2D eigenvalue weighted by molar-refractivity contribution is 7.99. The van der Waals surface area contributed by atoms with E-state index in [9.17, 15) is 4.79 Å². The molecule has 2 N–H and O–H groups in total. The summed E-state index contributed by atoms with van der Waals surface area (Å²) in [6.07, 6.45) is 2.08. The number of amides is 1. The zero-order valence-corrected chi connectivity index (χ0v) is 11.0. The number of hydrogen-bond donors (Lipinski definition) is 2. The second-order valence-electron chi connectivity index (χ2n) is 4.56. The minimum Gasteiger partial charge on any atom is -0.346 e. The average molecular weight is 254 g/mol. The smallest absolute Gasteiger partial charge is 0.291 e. The van der Waals surface area contributed by atoms with Gasteiger partial charge >= 0.3 is 0 Å². The largest absolute Gasteiger partial charge is 0.346 e. The first-order valence-corrected chi connectivity index (χ1v) is 7.13. The van der Waals surface area contributed by atoms with Gasteiger partial charge in [-0.1, -0.05) is 13.8 Å². The third kappa shape index (κ3) is 3.21. The normalized spacial score (nSPS) is 17.4. The third-order valence-electron chi connectivity index (χ3n) is 2.81. The summed E-state index contributed by atoms with van der Waals surface area (Å²) in [6, 6.07) is 0.282. The number of nitrogens with zero attached hydrogens (tertiary/aromatic N) is 2. The van der Waals surface area contributed by atoms with Gasteiger partial charge in [0, 0.05) is 12.0 Å². The van der Waals surface area contributed by atoms with Gasteiger partial charge in [0.2, 0.25) is 5.82 Å². The van der Waals surface area contributed by atoms with Crippen LogP contribution >= 0.6 is 11.8 Å². The number of carbonyl (C=O) groups excluding carboxylic acids is 1. The number of nitrogens with one attached hydrogen (secondary N) is 2. The Kier molecular flexibility index (Phi) is 4.04. The van der Waals surface area contributed by atoms with E-state index in [-0.39, 0.29) is 23.7 Å². The predicted molar refractivity (Wildman–Crippen MR) is 68.3 cm³/mol. The Bertz CT molecular complexity index is 385. The van der Waals surface area contributed by atoms with Crippen molar-refractivity contribution < 1.29 is 4.79 Å². The molecular formula is C11H18N4OS. The Morgan fingerprint density at radius 1 is 1.47 bits per heavy atom. The summed E-state index contributed by atoms with van der Waals surface area (Å²) in [4.78, 5) is 16.1. The molecule has 0 bridgehead atoms. The third-order valence-corrected chi connectivity index (χ3v) is 3.86. The molecule has 2 heterocycles. The lowest BCUT2D eigenvalue weighted by atomic mass is 10.1. The maximum atomic E-state index is 11.9. The predicted octanol–water partition coefficient (Wildman–Crippen LogP) is 1.55. The number of thioether (sulfide) groups is 1. The van der Waals surface area contributed by atoms with Crippen LogP contribution < -0.4 is 5.32 Å². The summed E-state index contributed by atoms with van der Waals surface area (Å²) in [6.45, 7) is 4.03. The van der Waals surface area contributed by atoms with Crippen LogP contribution in [-0.4, -0.2) is 38.6 Å². The number of aromatic amines is 1. The molecule has 0 spiro atoms. The molecule has 2 rings (SSSR count). The summed E-state index contributed by atoms with van der Waals surface area (Å²) in [5.74, 6) is 3.35. The summed E-state index contributed by atoms with van der Waals surface area (Å²) >= 11 is 1.94. The van der Waals surface area contributed by atoms with Crippen LogP contribution in [0.2, 0.25) is 0 Å². The molecule has 6 heteroatoms. The lowest BCUT2D eigenvalue weighted by Crippen LogP contribution is -2.37. The maximum Gasteiger partial charge on any atom is 0.291 e. The molecule has 1 aliphatic heterocycles. The van der Waals surface area contributed by atoms with E-state index in [0.29, 0.717) is 0 Å². The molecule has 1 aromatic heterocycles. The van der Waals surface area contributed by atoms with Crippen LogP contribution in [0.15, 0.2) is 0 Å². The summed E-state index contributed by atoms with van der Waals surface area (Å²) in [7, 11) is 0. The van der Waals surface area contributed by atoms with E-state index < -0.39 is 0 Å². The highest BCUT2D eigenvalue weighted by Crippen LogP contribution is 2.17. The molecule has 1 aromatic rings. The van der Waals surface area contributed by atoms with E-state index in [1.54, 1.807) is 0 Å². The molecule has 0 radical (unpaired) electrons. The van der Waals surface area contributed by atoms with Gasteiger partial charge < -0.3 is 5.32 Å². The van der Waals surface area contributed by atoms with Crippen molar-refractivity contribution in [1.29, 1.82) is 0 Å². The van der Waals surface area contributed by atoms with Crippen LogP contribution in [0.4, 0.5) is 0 Å². The van der Waals surface area contributed by atoms with Crippen LogP contribution in [0.5, 0.6) is 0 Å². The van der Waals surface area contributed by atoms with Crippen molar-refractivity contribution >= 4 is 17.7 Å². The Balaban J connectivity index is 1.94. The lowest BCUT2D eigenvalue weighted by Gasteiger charge is -2.21. The molecule has 1 amide bonds. The zero-order valence-electron chi connectivity index (χ0n) is 10.2. The topological polar surface area (TPSA) is 70.7 Å². The molecule has 0 atom stereocenters. The van der Waals surface area contributed by atoms with Crippen molar-refractivity contribution in [3.8, 4) is 0 Å². The van der Waals surface area contributed by atoms with Gasteiger partial charge in [-0.3, -0.25) is 9.89 Å². The fourth-order valence-corrected chi connectivity index (χ4v) is 2.83. The second-order valence-corrected chi connectivity index (χ2v) is 5.78. The number of hydrogen-bond acceptors (Lipinski definition) is 4. The molecule has 1 fully saturated rings. The molecule has 1 aliphatic rings. The van der Waals surface area contributed by atoms with Gasteiger partial charge in [0.1, 0.15) is 5.82 Å². The second kappa shape index (κ2) is 5.53. The number of aromatic nitrogens is 3. The Hall–Kier alpha value is -1.04. The van der Waals surface area contributed by atoms with Gasteiger partial charge in [0.05, 0.1) is 0 Å². The van der Waals surface area contributed by atoms with Crippen LogP contribution in [0, 0.1) is 0 Å². The molecule has 1 saturated heterocycles. The van der Waals surface area contributed by atoms with E-state index in [2.05, 4.69) is 20.5 Å². The van der Waals surface area contributed by atoms with Gasteiger partial charge in [0.25, 0.3) is 5.91 Å². The van der Waals surface area contributed by atoms with Crippen molar-refractivity contribution in [2.75, 3.05) is 11.5 Å². The first-order valence-electron chi connectivity index (χ1n) is 5.97. The molecule has 94 valence electrons. The Morgan fingerprint density at radius 2 is 2.18 bits per heavy atom. The Morgan fingerprint density at radius 3 is 2.76 bits per heavy atom. The van der Waals surface area contributed by atoms with Crippen molar-refractivity contribution in [3.63, 3.8) is 0 Å². The van der Waals surface area contributed by atoms with Gasteiger partial charge in [0.15, 0.2) is 0 Å². The molecular weight excluding hydrogens is 236 g/mol. The standard InChI is InChI=1S/C11H18N4OS/c1-7(2)9-13-10(15-14-9)11(16)12-8-3-5-17-6-4-8/h7-8H,3-6H2,1-2H3,(H,12,16)(H,13,14,15). The van der Waals surface area contributed by atoms with E-state index in [0.717, 1.165) is 30.2 Å². The maximum absolute atomic E-state index is 11.9. The monoisotopic (exact) mass is 254 g/mol. The van der Waals surface area contributed by atoms with E-state index in [1.807, 2.05) is 25.6 Å². The van der Waals surface area contributed by atoms with Gasteiger partial charge in [-0.05, 0) is 24.3 Å². The molecule has 17 heavy (non-hydrogen) atoms. The van der Waals surface area contributed by atoms with Crippen LogP contribution in [0.1, 0.15) is 49.1 Å². The Labute approximate surface area is 105 Å². The highest BCUT2D eigenvalue weighted by atomic mass is 32.2. The fourth-order valence-electron chi connectivity index (χ4n) is 1.73. The molecule has 5 nitrogen and oxygen atoms in total. The van der Waals surface area contributed by atoms with Crippen LogP contribution in [-0.2, 0) is 0 Å². The summed E-state index contributed by atoms with van der Waals surface area (Å²) in [5.41, 5.74) is 0. The zero-order chi connectivity index (χ0) is 12.3. The quantitative estimate of drug-likeness (QED) is 0.858. The highest BCUT2D eigenvalue weighted by Gasteiger charge is 2.19. The lowest BCUT2D eigenvalue weighted by molar-refractivity contribution is 0.0924. The number of rotatable bonds is 3. The average Bonchev–Trinajstić information content (AvgIpc) is 2.79. The number of carbonyl (C=O) groups is 1. The molecule has 0 unspecified atom stereocenters. The van der Waals surface area contributed by atoms with Gasteiger partial charge in [-0.25, -0.2) is 4.98 Å². The van der Waals surface area contributed by atoms with E-state index in [4.69, 9.17) is 0 Å². The molecule has 0 aromatic carbocycles. The fraction of sp³-hybridized carbons (Fsp3) is 0.727. The SMILES string of the molecule is CC(C)c1nc(C(=O)NC2CCSCC2)n[nH]1. The van der Waals surface area contributed by atoms with E-state index >= 15 is 0 Å². The van der Waals surface area contributed by atoms with Crippen molar-refractivity contribution in [3.05, 3.63) is 11.6 Å². The minimum atomic E-state index is -0.162. The summed E-state index contributed by atoms with van der Waals surface area (Å²) < 4.78 is 0. The molecule has 0 saturated carbocycles. The van der Waals surface area contributed by atoms with E-state index in [1.165, 1.54) is 0 Å². The number of H-pyrrole nitrogens is 1. The van der Waals surface area contributed by atoms with Crippen molar-refractivity contribution in [2.45, 2.75) is 38.6 Å². The van der Waals surface area contributed by atoms with Gasteiger partial charge in [-0.15, -0.1) is 5.10 Å².